The van der Waals surface area contributed by atoms with Crippen LogP contribution in [0, 0.1) is 6.92 Å². The smallest absolute Gasteiger partial charge is 0.325 e. The average molecular weight is 248 g/mol. The summed E-state index contributed by atoms with van der Waals surface area (Å²) in [6.45, 7) is 1.83. The molecule has 0 aliphatic rings. The van der Waals surface area contributed by atoms with Crippen molar-refractivity contribution in [3.8, 4) is 5.75 Å². The van der Waals surface area contributed by atoms with E-state index in [4.69, 9.17) is 9.84 Å². The zero-order valence-electron chi connectivity index (χ0n) is 9.78. The summed E-state index contributed by atoms with van der Waals surface area (Å²) >= 11 is 0. The van der Waals surface area contributed by atoms with E-state index in [9.17, 15) is 4.79 Å². The van der Waals surface area contributed by atoms with Gasteiger partial charge in [0.25, 0.3) is 0 Å². The quantitative estimate of drug-likeness (QED) is 0.835. The number of nitrogens with zero attached hydrogens (tertiary/aromatic N) is 4. The van der Waals surface area contributed by atoms with Crippen molar-refractivity contribution in [1.29, 1.82) is 0 Å². The molecule has 94 valence electrons. The van der Waals surface area contributed by atoms with Crippen molar-refractivity contribution in [3.63, 3.8) is 0 Å². The number of tetrazole rings is 1. The Morgan fingerprint density at radius 1 is 1.39 bits per heavy atom. The lowest BCUT2D eigenvalue weighted by molar-refractivity contribution is -0.138. The number of carboxylic acid groups (broad SMARTS) is 1. The summed E-state index contributed by atoms with van der Waals surface area (Å²) in [7, 11) is 0. The number of hydrogen-bond donors (Lipinski definition) is 1. The number of aromatic nitrogens is 4. The van der Waals surface area contributed by atoms with Crippen LogP contribution in [0.4, 0.5) is 0 Å². The van der Waals surface area contributed by atoms with E-state index in [1.54, 1.807) is 0 Å². The van der Waals surface area contributed by atoms with Gasteiger partial charge in [-0.3, -0.25) is 4.79 Å². The molecule has 0 saturated carbocycles. The largest absolute Gasteiger partial charge is 0.486 e. The monoisotopic (exact) mass is 248 g/mol. The maximum absolute atomic E-state index is 10.6. The summed E-state index contributed by atoms with van der Waals surface area (Å²) in [5.41, 5.74) is 1.14. The van der Waals surface area contributed by atoms with Crippen LogP contribution < -0.4 is 4.74 Å². The molecule has 0 spiro atoms. The van der Waals surface area contributed by atoms with Gasteiger partial charge < -0.3 is 9.84 Å². The second-order valence-corrected chi connectivity index (χ2v) is 3.75. The van der Waals surface area contributed by atoms with Crippen molar-refractivity contribution in [2.75, 3.05) is 0 Å². The molecular formula is C11H12N4O3. The Labute approximate surface area is 103 Å². The third-order valence-electron chi connectivity index (χ3n) is 2.28. The molecule has 7 heteroatoms. The van der Waals surface area contributed by atoms with Gasteiger partial charge in [0.05, 0.1) is 0 Å². The standard InChI is InChI=1S/C11H12N4O3/c1-8-2-4-9(5-3-8)18-7-10-12-13-14-15(10)6-11(16)17/h2-5H,6-7H2,1H3,(H,16,17). The molecule has 0 bridgehead atoms. The van der Waals surface area contributed by atoms with Gasteiger partial charge >= 0.3 is 5.97 Å². The SMILES string of the molecule is Cc1ccc(OCc2nnnn2CC(=O)O)cc1. The third kappa shape index (κ3) is 3.03. The van der Waals surface area contributed by atoms with Crippen LogP contribution >= 0.6 is 0 Å². The predicted molar refractivity (Wildman–Crippen MR) is 61.0 cm³/mol. The lowest BCUT2D eigenvalue weighted by atomic mass is 10.2. The lowest BCUT2D eigenvalue weighted by Crippen LogP contribution is -2.14. The molecule has 0 radical (unpaired) electrons. The first-order valence-electron chi connectivity index (χ1n) is 5.31. The van der Waals surface area contributed by atoms with E-state index in [2.05, 4.69) is 15.5 Å². The summed E-state index contributed by atoms with van der Waals surface area (Å²) in [5.74, 6) is 0.0577. The molecule has 1 N–H and O–H groups in total. The van der Waals surface area contributed by atoms with Gasteiger partial charge in [0.1, 0.15) is 18.9 Å². The van der Waals surface area contributed by atoms with Crippen LogP contribution in [-0.2, 0) is 17.9 Å². The second-order valence-electron chi connectivity index (χ2n) is 3.75. The first-order chi connectivity index (χ1) is 8.65. The fourth-order valence-electron chi connectivity index (χ4n) is 1.36. The Morgan fingerprint density at radius 2 is 2.11 bits per heavy atom. The number of benzene rings is 1. The highest BCUT2D eigenvalue weighted by Crippen LogP contribution is 2.12. The number of hydrogen-bond acceptors (Lipinski definition) is 5. The van der Waals surface area contributed by atoms with Gasteiger partial charge in [-0.2, -0.15) is 0 Å². The topological polar surface area (TPSA) is 90.1 Å². The van der Waals surface area contributed by atoms with Crippen molar-refractivity contribution in [2.24, 2.45) is 0 Å². The maximum atomic E-state index is 10.6. The summed E-state index contributed by atoms with van der Waals surface area (Å²) in [5, 5.41) is 19.4. The van der Waals surface area contributed by atoms with Gasteiger partial charge in [-0.25, -0.2) is 4.68 Å². The highest BCUT2D eigenvalue weighted by atomic mass is 16.5. The minimum Gasteiger partial charge on any atom is -0.486 e. The number of aliphatic carboxylic acids is 1. The molecule has 0 fully saturated rings. The van der Waals surface area contributed by atoms with Gasteiger partial charge in [-0.1, -0.05) is 17.7 Å². The zero-order valence-corrected chi connectivity index (χ0v) is 9.78. The van der Waals surface area contributed by atoms with Crippen LogP contribution in [0.2, 0.25) is 0 Å². The van der Waals surface area contributed by atoms with Crippen molar-refractivity contribution < 1.29 is 14.6 Å². The van der Waals surface area contributed by atoms with E-state index in [0.717, 1.165) is 5.56 Å². The summed E-state index contributed by atoms with van der Waals surface area (Å²) < 4.78 is 6.66. The van der Waals surface area contributed by atoms with E-state index in [-0.39, 0.29) is 13.2 Å². The number of aryl methyl sites for hydroxylation is 1. The molecule has 2 aromatic rings. The van der Waals surface area contributed by atoms with E-state index in [1.165, 1.54) is 4.68 Å². The second kappa shape index (κ2) is 5.26. The van der Waals surface area contributed by atoms with Gasteiger partial charge in [0.15, 0.2) is 5.82 Å². The third-order valence-corrected chi connectivity index (χ3v) is 2.28. The first kappa shape index (κ1) is 12.0. The van der Waals surface area contributed by atoms with Crippen molar-refractivity contribution in [3.05, 3.63) is 35.7 Å². The van der Waals surface area contributed by atoms with E-state index >= 15 is 0 Å². The minimum atomic E-state index is -1.00. The predicted octanol–water partition coefficient (Wildman–Crippen LogP) is 0.645. The Hall–Kier alpha value is -2.44. The molecular weight excluding hydrogens is 236 g/mol. The van der Waals surface area contributed by atoms with Crippen molar-refractivity contribution in [2.45, 2.75) is 20.1 Å². The van der Waals surface area contributed by atoms with Crippen molar-refractivity contribution in [1.82, 2.24) is 20.2 Å². The Kier molecular flexibility index (Phi) is 3.52. The van der Waals surface area contributed by atoms with Gasteiger partial charge in [0, 0.05) is 0 Å². The van der Waals surface area contributed by atoms with E-state index in [1.807, 2.05) is 31.2 Å². The first-order valence-corrected chi connectivity index (χ1v) is 5.31. The van der Waals surface area contributed by atoms with Gasteiger partial charge in [-0.15, -0.1) is 5.10 Å². The summed E-state index contributed by atoms with van der Waals surface area (Å²) in [6.07, 6.45) is 0. The number of carbonyl (C=O) groups is 1. The van der Waals surface area contributed by atoms with Crippen LogP contribution in [0.1, 0.15) is 11.4 Å². The molecule has 1 aromatic heterocycles. The highest BCUT2D eigenvalue weighted by Gasteiger charge is 2.09. The molecule has 18 heavy (non-hydrogen) atoms. The molecule has 0 unspecified atom stereocenters. The van der Waals surface area contributed by atoms with Gasteiger partial charge in [-0.05, 0) is 29.5 Å². The fourth-order valence-corrected chi connectivity index (χ4v) is 1.36. The minimum absolute atomic E-state index is 0.128. The summed E-state index contributed by atoms with van der Waals surface area (Å²) in [6, 6.07) is 7.52. The maximum Gasteiger partial charge on any atom is 0.325 e. The Balaban J connectivity index is 1.99. The number of ether oxygens (including phenoxy) is 1. The molecule has 0 saturated heterocycles. The van der Waals surface area contributed by atoms with E-state index < -0.39 is 5.97 Å². The molecule has 0 aliphatic heterocycles. The molecule has 1 aromatic carbocycles. The van der Waals surface area contributed by atoms with Gasteiger partial charge in [0.2, 0.25) is 0 Å². The van der Waals surface area contributed by atoms with Crippen LogP contribution in [0.15, 0.2) is 24.3 Å². The molecule has 0 atom stereocenters. The van der Waals surface area contributed by atoms with Crippen LogP contribution in [0.3, 0.4) is 0 Å². The molecule has 7 nitrogen and oxygen atoms in total. The summed E-state index contributed by atoms with van der Waals surface area (Å²) in [4.78, 5) is 10.6. The molecule has 2 rings (SSSR count). The highest BCUT2D eigenvalue weighted by molar-refractivity contribution is 5.66. The number of rotatable bonds is 5. The normalized spacial score (nSPS) is 10.3. The Bertz CT molecular complexity index is 535. The average Bonchev–Trinajstić information content (AvgIpc) is 2.75. The van der Waals surface area contributed by atoms with Crippen LogP contribution in [0.25, 0.3) is 0 Å². The van der Waals surface area contributed by atoms with Crippen LogP contribution in [0.5, 0.6) is 5.75 Å². The molecule has 0 aliphatic carbocycles. The lowest BCUT2D eigenvalue weighted by Gasteiger charge is -2.05. The van der Waals surface area contributed by atoms with Crippen LogP contribution in [-0.4, -0.2) is 31.3 Å². The van der Waals surface area contributed by atoms with E-state index in [0.29, 0.717) is 11.6 Å². The zero-order chi connectivity index (χ0) is 13.0. The number of carboxylic acids is 1. The van der Waals surface area contributed by atoms with Crippen molar-refractivity contribution >= 4 is 5.97 Å². The fraction of sp³-hybridized carbons (Fsp3) is 0.273. The molecule has 1 heterocycles. The Morgan fingerprint density at radius 3 is 2.78 bits per heavy atom. The molecule has 0 amide bonds.